The summed E-state index contributed by atoms with van der Waals surface area (Å²) in [6, 6.07) is 0. The van der Waals surface area contributed by atoms with E-state index in [9.17, 15) is 0 Å². The minimum atomic E-state index is 0.187. The first-order chi connectivity index (χ1) is 5.74. The smallest absolute Gasteiger partial charge is 0.0820 e. The predicted octanol–water partition coefficient (Wildman–Crippen LogP) is 0.692. The number of hydrogen-bond donors (Lipinski definition) is 1. The molecule has 74 valence electrons. The third-order valence-corrected chi connectivity index (χ3v) is 2.00. The predicted molar refractivity (Wildman–Crippen MR) is 52.3 cm³/mol. The van der Waals surface area contributed by atoms with Gasteiger partial charge < -0.3 is 15.4 Å². The Bertz CT molecular complexity index is 94.5. The van der Waals surface area contributed by atoms with Gasteiger partial charge in [0.25, 0.3) is 0 Å². The van der Waals surface area contributed by atoms with E-state index < -0.39 is 0 Å². The highest BCUT2D eigenvalue weighted by Crippen LogP contribution is 1.95. The van der Waals surface area contributed by atoms with Crippen molar-refractivity contribution in [2.45, 2.75) is 25.9 Å². The number of likely N-dealkylation sites (N-methyl/N-ethyl adjacent to an activating group) is 1. The van der Waals surface area contributed by atoms with Crippen LogP contribution in [-0.2, 0) is 4.74 Å². The number of unbranched alkanes of at least 4 members (excludes halogenated alkanes) is 1. The van der Waals surface area contributed by atoms with Crippen LogP contribution in [0.4, 0.5) is 0 Å². The van der Waals surface area contributed by atoms with E-state index >= 15 is 0 Å². The first kappa shape index (κ1) is 11.9. The monoisotopic (exact) mass is 174 g/mol. The van der Waals surface area contributed by atoms with Crippen LogP contribution in [0.1, 0.15) is 19.8 Å². The lowest BCUT2D eigenvalue weighted by molar-refractivity contribution is 0.0778. The molecule has 0 spiro atoms. The summed E-state index contributed by atoms with van der Waals surface area (Å²) < 4.78 is 5.18. The van der Waals surface area contributed by atoms with Crippen molar-refractivity contribution in [1.82, 2.24) is 4.90 Å². The minimum absolute atomic E-state index is 0.187. The molecule has 3 nitrogen and oxygen atoms in total. The SMILES string of the molecule is CCCCN(C)CC(CN)OC. The van der Waals surface area contributed by atoms with E-state index in [0.29, 0.717) is 6.54 Å². The number of rotatable bonds is 7. The zero-order valence-corrected chi connectivity index (χ0v) is 8.55. The molecule has 0 aromatic heterocycles. The highest BCUT2D eigenvalue weighted by molar-refractivity contribution is 4.63. The third kappa shape index (κ3) is 5.52. The van der Waals surface area contributed by atoms with Crippen molar-refractivity contribution in [2.75, 3.05) is 33.8 Å². The second kappa shape index (κ2) is 7.53. The summed E-state index contributed by atoms with van der Waals surface area (Å²) in [7, 11) is 3.82. The summed E-state index contributed by atoms with van der Waals surface area (Å²) in [6.07, 6.45) is 2.68. The van der Waals surface area contributed by atoms with Gasteiger partial charge in [-0.2, -0.15) is 0 Å². The maximum atomic E-state index is 5.51. The molecule has 0 fully saturated rings. The molecular formula is C9H22N2O. The topological polar surface area (TPSA) is 38.5 Å². The van der Waals surface area contributed by atoms with Gasteiger partial charge in [0.15, 0.2) is 0 Å². The normalized spacial score (nSPS) is 13.8. The van der Waals surface area contributed by atoms with Crippen LogP contribution in [0.5, 0.6) is 0 Å². The molecule has 0 aliphatic carbocycles. The first-order valence-electron chi connectivity index (χ1n) is 4.66. The average molecular weight is 174 g/mol. The first-order valence-corrected chi connectivity index (χ1v) is 4.66. The van der Waals surface area contributed by atoms with E-state index in [2.05, 4.69) is 18.9 Å². The number of hydrogen-bond acceptors (Lipinski definition) is 3. The van der Waals surface area contributed by atoms with Gasteiger partial charge in [0.2, 0.25) is 0 Å². The number of ether oxygens (including phenoxy) is 1. The lowest BCUT2D eigenvalue weighted by atomic mass is 10.3. The van der Waals surface area contributed by atoms with Gasteiger partial charge in [0.1, 0.15) is 0 Å². The Balaban J connectivity index is 3.44. The van der Waals surface area contributed by atoms with E-state index in [1.54, 1.807) is 7.11 Å². The summed E-state index contributed by atoms with van der Waals surface area (Å²) in [4.78, 5) is 2.27. The fourth-order valence-corrected chi connectivity index (χ4v) is 1.11. The van der Waals surface area contributed by atoms with E-state index in [0.717, 1.165) is 13.1 Å². The van der Waals surface area contributed by atoms with Crippen LogP contribution < -0.4 is 5.73 Å². The van der Waals surface area contributed by atoms with E-state index in [4.69, 9.17) is 10.5 Å². The molecule has 0 heterocycles. The van der Waals surface area contributed by atoms with Crippen molar-refractivity contribution < 1.29 is 4.74 Å². The molecule has 0 aromatic rings. The molecule has 0 amide bonds. The molecule has 0 bridgehead atoms. The van der Waals surface area contributed by atoms with E-state index in [-0.39, 0.29) is 6.10 Å². The highest BCUT2D eigenvalue weighted by Gasteiger charge is 2.07. The molecule has 3 heteroatoms. The van der Waals surface area contributed by atoms with Crippen LogP contribution in [0.15, 0.2) is 0 Å². The molecule has 0 rings (SSSR count). The molecule has 0 aromatic carbocycles. The Morgan fingerprint density at radius 1 is 1.50 bits per heavy atom. The summed E-state index contributed by atoms with van der Waals surface area (Å²) in [5.74, 6) is 0. The Morgan fingerprint density at radius 2 is 2.17 bits per heavy atom. The molecule has 2 N–H and O–H groups in total. The third-order valence-electron chi connectivity index (χ3n) is 2.00. The lowest BCUT2D eigenvalue weighted by Crippen LogP contribution is -2.36. The molecule has 0 aliphatic heterocycles. The summed E-state index contributed by atoms with van der Waals surface area (Å²) in [5, 5.41) is 0. The quantitative estimate of drug-likeness (QED) is 0.617. The van der Waals surface area contributed by atoms with Gasteiger partial charge in [-0.1, -0.05) is 13.3 Å². The summed E-state index contributed by atoms with van der Waals surface area (Å²) >= 11 is 0. The standard InChI is InChI=1S/C9H22N2O/c1-4-5-6-11(2)8-9(7-10)12-3/h9H,4-8,10H2,1-3H3. The van der Waals surface area contributed by atoms with Crippen molar-refractivity contribution in [3.05, 3.63) is 0 Å². The van der Waals surface area contributed by atoms with Gasteiger partial charge in [-0.3, -0.25) is 0 Å². The van der Waals surface area contributed by atoms with Crippen molar-refractivity contribution in [3.63, 3.8) is 0 Å². The van der Waals surface area contributed by atoms with Gasteiger partial charge in [-0.15, -0.1) is 0 Å². The van der Waals surface area contributed by atoms with Crippen molar-refractivity contribution in [1.29, 1.82) is 0 Å². The van der Waals surface area contributed by atoms with Crippen LogP contribution in [-0.4, -0.2) is 44.8 Å². The van der Waals surface area contributed by atoms with Crippen molar-refractivity contribution in [2.24, 2.45) is 5.73 Å². The maximum absolute atomic E-state index is 5.51. The van der Waals surface area contributed by atoms with E-state index in [1.165, 1.54) is 12.8 Å². The van der Waals surface area contributed by atoms with Crippen LogP contribution >= 0.6 is 0 Å². The fraction of sp³-hybridized carbons (Fsp3) is 1.00. The Hall–Kier alpha value is -0.120. The van der Waals surface area contributed by atoms with Gasteiger partial charge in [0.05, 0.1) is 6.10 Å². The van der Waals surface area contributed by atoms with Crippen LogP contribution in [0.25, 0.3) is 0 Å². The van der Waals surface area contributed by atoms with Crippen LogP contribution in [0.3, 0.4) is 0 Å². The average Bonchev–Trinajstić information content (AvgIpc) is 2.10. The molecule has 12 heavy (non-hydrogen) atoms. The molecular weight excluding hydrogens is 152 g/mol. The molecule has 0 aliphatic rings. The molecule has 0 saturated carbocycles. The van der Waals surface area contributed by atoms with Gasteiger partial charge in [-0.25, -0.2) is 0 Å². The number of nitrogens with zero attached hydrogens (tertiary/aromatic N) is 1. The zero-order valence-electron chi connectivity index (χ0n) is 8.55. The van der Waals surface area contributed by atoms with Gasteiger partial charge in [0, 0.05) is 20.2 Å². The van der Waals surface area contributed by atoms with E-state index in [1.807, 2.05) is 0 Å². The van der Waals surface area contributed by atoms with Gasteiger partial charge in [-0.05, 0) is 20.0 Å². The minimum Gasteiger partial charge on any atom is -0.379 e. The summed E-state index contributed by atoms with van der Waals surface area (Å²) in [5.41, 5.74) is 5.51. The molecule has 1 unspecified atom stereocenters. The largest absolute Gasteiger partial charge is 0.379 e. The van der Waals surface area contributed by atoms with Crippen molar-refractivity contribution >= 4 is 0 Å². The maximum Gasteiger partial charge on any atom is 0.0820 e. The second-order valence-electron chi connectivity index (χ2n) is 3.21. The Morgan fingerprint density at radius 3 is 2.58 bits per heavy atom. The molecule has 0 radical (unpaired) electrons. The Kier molecular flexibility index (Phi) is 7.45. The second-order valence-corrected chi connectivity index (χ2v) is 3.21. The Labute approximate surface area is 75.9 Å². The van der Waals surface area contributed by atoms with Crippen molar-refractivity contribution in [3.8, 4) is 0 Å². The molecule has 0 saturated heterocycles. The number of nitrogens with two attached hydrogens (primary N) is 1. The van der Waals surface area contributed by atoms with Crippen LogP contribution in [0.2, 0.25) is 0 Å². The van der Waals surface area contributed by atoms with Crippen LogP contribution in [0, 0.1) is 0 Å². The fourth-order valence-electron chi connectivity index (χ4n) is 1.11. The highest BCUT2D eigenvalue weighted by atomic mass is 16.5. The number of methoxy groups -OCH3 is 1. The zero-order chi connectivity index (χ0) is 9.40. The molecule has 1 atom stereocenters. The van der Waals surface area contributed by atoms with Gasteiger partial charge >= 0.3 is 0 Å². The lowest BCUT2D eigenvalue weighted by Gasteiger charge is -2.21. The summed E-state index contributed by atoms with van der Waals surface area (Å²) in [6.45, 7) is 4.88.